The number of hydrogen-bond donors (Lipinski definition) is 2. The Morgan fingerprint density at radius 3 is 2.58 bits per heavy atom. The van der Waals surface area contributed by atoms with Gasteiger partial charge in [-0.3, -0.25) is 5.10 Å². The number of carbonyl (C=O) groups is 1. The summed E-state index contributed by atoms with van der Waals surface area (Å²) in [5.74, 6) is 0.0276. The highest BCUT2D eigenvalue weighted by Crippen LogP contribution is 2.36. The van der Waals surface area contributed by atoms with Crippen molar-refractivity contribution in [2.45, 2.75) is 20.0 Å². The second kappa shape index (κ2) is 6.53. The molecular weight excluding hydrogens is 326 g/mol. The third-order valence-corrected chi connectivity index (χ3v) is 4.20. The maximum Gasteiger partial charge on any atom is 0.405 e. The zero-order valence-electron chi connectivity index (χ0n) is 13.4. The summed E-state index contributed by atoms with van der Waals surface area (Å²) in [5, 5.41) is 8.76. The Hall–Kier alpha value is -2.53. The number of fused-ring (bicyclic) bond motifs is 1. The molecule has 6 heteroatoms. The van der Waals surface area contributed by atoms with Crippen LogP contribution in [-0.2, 0) is 4.74 Å². The van der Waals surface area contributed by atoms with E-state index in [1.165, 1.54) is 0 Å². The molecule has 3 aromatic rings. The molecule has 3 N–H and O–H groups in total. The highest BCUT2D eigenvalue weighted by molar-refractivity contribution is 6.34. The molecule has 0 bridgehead atoms. The van der Waals surface area contributed by atoms with Gasteiger partial charge in [-0.1, -0.05) is 55.8 Å². The summed E-state index contributed by atoms with van der Waals surface area (Å²) in [4.78, 5) is 11.2. The quantitative estimate of drug-likeness (QED) is 0.721. The van der Waals surface area contributed by atoms with Crippen LogP contribution in [0.15, 0.2) is 42.5 Å². The number of H-pyrrole nitrogens is 1. The number of primary amides is 1. The van der Waals surface area contributed by atoms with Gasteiger partial charge in [-0.05, 0) is 23.6 Å². The Kier molecular flexibility index (Phi) is 4.44. The van der Waals surface area contributed by atoms with E-state index >= 15 is 0 Å². The van der Waals surface area contributed by atoms with Crippen LogP contribution in [0.5, 0.6) is 0 Å². The number of carbonyl (C=O) groups excluding carboxylic acids is 1. The summed E-state index contributed by atoms with van der Waals surface area (Å²) in [6.45, 7) is 3.89. The third-order valence-electron chi connectivity index (χ3n) is 3.88. The van der Waals surface area contributed by atoms with E-state index in [0.29, 0.717) is 10.7 Å². The van der Waals surface area contributed by atoms with Crippen molar-refractivity contribution in [1.29, 1.82) is 0 Å². The van der Waals surface area contributed by atoms with Gasteiger partial charge >= 0.3 is 6.09 Å². The van der Waals surface area contributed by atoms with Gasteiger partial charge in [0, 0.05) is 10.9 Å². The maximum atomic E-state index is 11.2. The first-order chi connectivity index (χ1) is 11.5. The summed E-state index contributed by atoms with van der Waals surface area (Å²) < 4.78 is 5.26. The van der Waals surface area contributed by atoms with Crippen LogP contribution in [0.3, 0.4) is 0 Å². The predicted octanol–water partition coefficient (Wildman–Crippen LogP) is 4.68. The van der Waals surface area contributed by atoms with Gasteiger partial charge in [0.2, 0.25) is 0 Å². The number of aromatic nitrogens is 2. The van der Waals surface area contributed by atoms with Crippen molar-refractivity contribution in [1.82, 2.24) is 10.2 Å². The van der Waals surface area contributed by atoms with Crippen LogP contribution in [0.4, 0.5) is 4.79 Å². The SMILES string of the molecule is CC(C)C(OC(N)=O)c1n[nH]c2cc(Cl)c(-c3ccccc3)cc12. The molecule has 0 radical (unpaired) electrons. The van der Waals surface area contributed by atoms with E-state index in [4.69, 9.17) is 22.1 Å². The summed E-state index contributed by atoms with van der Waals surface area (Å²) in [7, 11) is 0. The minimum atomic E-state index is -0.818. The molecule has 2 aromatic carbocycles. The van der Waals surface area contributed by atoms with E-state index in [-0.39, 0.29) is 5.92 Å². The summed E-state index contributed by atoms with van der Waals surface area (Å²) in [5.41, 5.74) is 8.54. The van der Waals surface area contributed by atoms with Crippen molar-refractivity contribution in [2.24, 2.45) is 11.7 Å². The molecule has 1 atom stereocenters. The third kappa shape index (κ3) is 3.08. The molecule has 0 saturated heterocycles. The highest BCUT2D eigenvalue weighted by atomic mass is 35.5. The molecule has 3 rings (SSSR count). The number of nitrogens with one attached hydrogen (secondary N) is 1. The van der Waals surface area contributed by atoms with E-state index in [9.17, 15) is 4.79 Å². The topological polar surface area (TPSA) is 81.0 Å². The molecule has 1 heterocycles. The second-order valence-corrected chi connectivity index (χ2v) is 6.36. The van der Waals surface area contributed by atoms with Crippen LogP contribution in [0, 0.1) is 5.92 Å². The molecule has 1 amide bonds. The van der Waals surface area contributed by atoms with E-state index in [1.807, 2.05) is 56.3 Å². The number of rotatable bonds is 4. The zero-order chi connectivity index (χ0) is 17.3. The molecule has 0 saturated carbocycles. The molecule has 0 spiro atoms. The Labute approximate surface area is 144 Å². The fourth-order valence-electron chi connectivity index (χ4n) is 2.75. The van der Waals surface area contributed by atoms with E-state index in [2.05, 4.69) is 10.2 Å². The molecule has 0 fully saturated rings. The number of nitrogens with two attached hydrogens (primary N) is 1. The van der Waals surface area contributed by atoms with Crippen molar-refractivity contribution in [3.63, 3.8) is 0 Å². The van der Waals surface area contributed by atoms with Crippen molar-refractivity contribution in [2.75, 3.05) is 0 Å². The Balaban J connectivity index is 2.15. The maximum absolute atomic E-state index is 11.2. The number of amides is 1. The molecule has 24 heavy (non-hydrogen) atoms. The minimum absolute atomic E-state index is 0.0276. The Morgan fingerprint density at radius 2 is 1.96 bits per heavy atom. The molecule has 124 valence electrons. The lowest BCUT2D eigenvalue weighted by molar-refractivity contribution is 0.0765. The summed E-state index contributed by atoms with van der Waals surface area (Å²) in [6.07, 6.45) is -1.34. The Bertz CT molecular complexity index is 875. The first kappa shape index (κ1) is 16.3. The predicted molar refractivity (Wildman–Crippen MR) is 94.8 cm³/mol. The highest BCUT2D eigenvalue weighted by Gasteiger charge is 2.25. The smallest absolute Gasteiger partial charge is 0.405 e. The van der Waals surface area contributed by atoms with Gasteiger partial charge in [-0.2, -0.15) is 5.10 Å². The first-order valence-corrected chi connectivity index (χ1v) is 8.04. The normalized spacial score (nSPS) is 12.5. The summed E-state index contributed by atoms with van der Waals surface area (Å²) in [6, 6.07) is 13.6. The average Bonchev–Trinajstić information content (AvgIpc) is 2.94. The van der Waals surface area contributed by atoms with Gasteiger partial charge in [0.05, 0.1) is 10.5 Å². The van der Waals surface area contributed by atoms with Crippen molar-refractivity contribution >= 4 is 28.6 Å². The van der Waals surface area contributed by atoms with Crippen LogP contribution < -0.4 is 5.73 Å². The van der Waals surface area contributed by atoms with Crippen LogP contribution in [0.2, 0.25) is 5.02 Å². The number of benzene rings is 2. The fourth-order valence-corrected chi connectivity index (χ4v) is 3.02. The van der Waals surface area contributed by atoms with Crippen LogP contribution in [-0.4, -0.2) is 16.3 Å². The van der Waals surface area contributed by atoms with Crippen LogP contribution in [0.25, 0.3) is 22.0 Å². The fraction of sp³-hybridized carbons (Fsp3) is 0.222. The van der Waals surface area contributed by atoms with Gasteiger partial charge in [0.15, 0.2) is 6.10 Å². The van der Waals surface area contributed by atoms with Crippen molar-refractivity contribution in [3.8, 4) is 11.1 Å². The molecule has 0 aliphatic rings. The van der Waals surface area contributed by atoms with Gasteiger partial charge in [-0.15, -0.1) is 0 Å². The van der Waals surface area contributed by atoms with Crippen LogP contribution in [0.1, 0.15) is 25.6 Å². The lowest BCUT2D eigenvalue weighted by atomic mass is 9.98. The number of aromatic amines is 1. The van der Waals surface area contributed by atoms with Crippen molar-refractivity contribution < 1.29 is 9.53 Å². The molecule has 1 aromatic heterocycles. The standard InChI is InChI=1S/C18H18ClN3O2/c1-10(2)17(24-18(20)23)16-13-8-12(11-6-4-3-5-7-11)14(19)9-15(13)21-22-16/h3-10,17H,1-2H3,(H2,20,23)(H,21,22). The lowest BCUT2D eigenvalue weighted by Crippen LogP contribution is -2.21. The Morgan fingerprint density at radius 1 is 1.25 bits per heavy atom. The number of ether oxygens (including phenoxy) is 1. The minimum Gasteiger partial charge on any atom is -0.439 e. The van der Waals surface area contributed by atoms with Gasteiger partial charge < -0.3 is 10.5 Å². The first-order valence-electron chi connectivity index (χ1n) is 7.66. The van der Waals surface area contributed by atoms with E-state index in [0.717, 1.165) is 22.0 Å². The lowest BCUT2D eigenvalue weighted by Gasteiger charge is -2.18. The van der Waals surface area contributed by atoms with Crippen molar-refractivity contribution in [3.05, 3.63) is 53.2 Å². The molecule has 0 aliphatic heterocycles. The number of nitrogens with zero attached hydrogens (tertiary/aromatic N) is 1. The monoisotopic (exact) mass is 343 g/mol. The van der Waals surface area contributed by atoms with E-state index < -0.39 is 12.2 Å². The largest absolute Gasteiger partial charge is 0.439 e. The number of halogens is 1. The second-order valence-electron chi connectivity index (χ2n) is 5.95. The number of hydrogen-bond acceptors (Lipinski definition) is 3. The van der Waals surface area contributed by atoms with E-state index in [1.54, 1.807) is 0 Å². The molecular formula is C18H18ClN3O2. The van der Waals surface area contributed by atoms with Gasteiger partial charge in [0.1, 0.15) is 5.69 Å². The molecule has 0 aliphatic carbocycles. The van der Waals surface area contributed by atoms with Gasteiger partial charge in [-0.25, -0.2) is 4.79 Å². The average molecular weight is 344 g/mol. The van der Waals surface area contributed by atoms with Crippen LogP contribution >= 0.6 is 11.6 Å². The summed E-state index contributed by atoms with van der Waals surface area (Å²) >= 11 is 6.42. The molecule has 1 unspecified atom stereocenters. The zero-order valence-corrected chi connectivity index (χ0v) is 14.2. The van der Waals surface area contributed by atoms with Gasteiger partial charge in [0.25, 0.3) is 0 Å². The molecule has 5 nitrogen and oxygen atoms in total.